The quantitative estimate of drug-likeness (QED) is 0.798. The third kappa shape index (κ3) is 4.29. The first-order valence-electron chi connectivity index (χ1n) is 9.64. The fourth-order valence-electron chi connectivity index (χ4n) is 3.92. The molecule has 0 bridgehead atoms. The van der Waals surface area contributed by atoms with Crippen molar-refractivity contribution >= 4 is 23.5 Å². The Morgan fingerprint density at radius 3 is 2.55 bits per heavy atom. The molecule has 1 aromatic carbocycles. The van der Waals surface area contributed by atoms with E-state index in [4.69, 9.17) is 16.3 Å². The van der Waals surface area contributed by atoms with Crippen molar-refractivity contribution in [1.82, 2.24) is 19.8 Å². The Balaban J connectivity index is 1.36. The third-order valence-corrected chi connectivity index (χ3v) is 5.78. The standard InChI is InChI=1S/C20H24ClN5O3/c1-29-18-6-7-22-20(23-18)26-12-16(17(27)13-26)24-8-10-25(11-9-24)19(28)14-2-4-15(21)5-3-14/h2-7,16-17,27H,8-13H2,1H3. The molecule has 9 heteroatoms. The van der Waals surface area contributed by atoms with Crippen molar-refractivity contribution in [3.8, 4) is 5.88 Å². The maximum absolute atomic E-state index is 12.7. The predicted molar refractivity (Wildman–Crippen MR) is 110 cm³/mol. The number of carbonyl (C=O) groups excluding carboxylic acids is 1. The van der Waals surface area contributed by atoms with E-state index in [0.29, 0.717) is 61.7 Å². The lowest BCUT2D eigenvalue weighted by Crippen LogP contribution is -2.54. The van der Waals surface area contributed by atoms with Crippen LogP contribution in [0.4, 0.5) is 5.95 Å². The number of methoxy groups -OCH3 is 1. The summed E-state index contributed by atoms with van der Waals surface area (Å²) in [5.41, 5.74) is 0.644. The summed E-state index contributed by atoms with van der Waals surface area (Å²) in [6, 6.07) is 8.65. The molecule has 1 amide bonds. The highest BCUT2D eigenvalue weighted by atomic mass is 35.5. The van der Waals surface area contributed by atoms with Crippen LogP contribution in [0.1, 0.15) is 10.4 Å². The average Bonchev–Trinajstić information content (AvgIpc) is 3.15. The summed E-state index contributed by atoms with van der Waals surface area (Å²) in [6.45, 7) is 3.80. The Morgan fingerprint density at radius 2 is 1.86 bits per heavy atom. The van der Waals surface area contributed by atoms with E-state index in [2.05, 4.69) is 14.9 Å². The summed E-state index contributed by atoms with van der Waals surface area (Å²) in [6.07, 6.45) is 1.16. The fraction of sp³-hybridized carbons (Fsp3) is 0.450. The maximum Gasteiger partial charge on any atom is 0.253 e. The number of nitrogens with zero attached hydrogens (tertiary/aromatic N) is 5. The number of hydrogen-bond donors (Lipinski definition) is 1. The van der Waals surface area contributed by atoms with E-state index in [1.807, 2.05) is 9.80 Å². The van der Waals surface area contributed by atoms with E-state index in [-0.39, 0.29) is 11.9 Å². The molecule has 0 radical (unpaired) electrons. The number of halogens is 1. The van der Waals surface area contributed by atoms with Crippen LogP contribution in [0.2, 0.25) is 5.02 Å². The highest BCUT2D eigenvalue weighted by Crippen LogP contribution is 2.23. The smallest absolute Gasteiger partial charge is 0.253 e. The third-order valence-electron chi connectivity index (χ3n) is 5.53. The lowest BCUT2D eigenvalue weighted by molar-refractivity contribution is 0.0376. The second kappa shape index (κ2) is 8.52. The van der Waals surface area contributed by atoms with Crippen LogP contribution < -0.4 is 9.64 Å². The van der Waals surface area contributed by atoms with Crippen molar-refractivity contribution < 1.29 is 14.6 Å². The number of ether oxygens (including phenoxy) is 1. The number of piperazine rings is 1. The topological polar surface area (TPSA) is 82.0 Å². The minimum absolute atomic E-state index is 0.0136. The van der Waals surface area contributed by atoms with Gasteiger partial charge in [-0.1, -0.05) is 11.6 Å². The van der Waals surface area contributed by atoms with E-state index in [0.717, 1.165) is 0 Å². The highest BCUT2D eigenvalue weighted by molar-refractivity contribution is 6.30. The summed E-state index contributed by atoms with van der Waals surface area (Å²) in [7, 11) is 1.57. The first-order chi connectivity index (χ1) is 14.0. The van der Waals surface area contributed by atoms with Gasteiger partial charge in [-0.25, -0.2) is 4.98 Å². The molecule has 0 saturated carbocycles. The number of benzene rings is 1. The normalized spacial score (nSPS) is 22.7. The van der Waals surface area contributed by atoms with Gasteiger partial charge in [0, 0.05) is 62.1 Å². The summed E-state index contributed by atoms with van der Waals surface area (Å²) in [4.78, 5) is 27.4. The van der Waals surface area contributed by atoms with E-state index in [1.165, 1.54) is 0 Å². The van der Waals surface area contributed by atoms with Gasteiger partial charge < -0.3 is 19.6 Å². The molecule has 1 N–H and O–H groups in total. The van der Waals surface area contributed by atoms with Crippen LogP contribution in [-0.2, 0) is 0 Å². The van der Waals surface area contributed by atoms with Crippen molar-refractivity contribution in [2.75, 3.05) is 51.3 Å². The zero-order chi connectivity index (χ0) is 20.4. The van der Waals surface area contributed by atoms with Crippen LogP contribution in [0, 0.1) is 0 Å². The zero-order valence-corrected chi connectivity index (χ0v) is 17.0. The molecule has 8 nitrogen and oxygen atoms in total. The summed E-state index contributed by atoms with van der Waals surface area (Å²) >= 11 is 5.91. The van der Waals surface area contributed by atoms with Gasteiger partial charge in [-0.05, 0) is 24.3 Å². The Hall–Kier alpha value is -2.42. The molecule has 2 aliphatic heterocycles. The number of aliphatic hydroxyl groups is 1. The van der Waals surface area contributed by atoms with Gasteiger partial charge in [-0.2, -0.15) is 4.98 Å². The van der Waals surface area contributed by atoms with Gasteiger partial charge in [-0.3, -0.25) is 9.69 Å². The molecule has 2 saturated heterocycles. The second-order valence-electron chi connectivity index (χ2n) is 7.27. The Kier molecular flexibility index (Phi) is 5.84. The van der Waals surface area contributed by atoms with Crippen molar-refractivity contribution in [3.63, 3.8) is 0 Å². The molecule has 2 atom stereocenters. The van der Waals surface area contributed by atoms with E-state index < -0.39 is 6.10 Å². The molecule has 2 fully saturated rings. The lowest BCUT2D eigenvalue weighted by Gasteiger charge is -2.38. The summed E-state index contributed by atoms with van der Waals surface area (Å²) in [5.74, 6) is 1.07. The van der Waals surface area contributed by atoms with Crippen LogP contribution in [0.5, 0.6) is 5.88 Å². The van der Waals surface area contributed by atoms with Gasteiger partial charge in [0.25, 0.3) is 5.91 Å². The minimum Gasteiger partial charge on any atom is -0.481 e. The molecular formula is C20H24ClN5O3. The van der Waals surface area contributed by atoms with E-state index >= 15 is 0 Å². The number of aliphatic hydroxyl groups excluding tert-OH is 1. The number of rotatable bonds is 4. The molecule has 2 unspecified atom stereocenters. The predicted octanol–water partition coefficient (Wildman–Crippen LogP) is 1.15. The van der Waals surface area contributed by atoms with Gasteiger partial charge in [-0.15, -0.1) is 0 Å². The average molecular weight is 418 g/mol. The Bertz CT molecular complexity index is 857. The monoisotopic (exact) mass is 417 g/mol. The van der Waals surface area contributed by atoms with Crippen molar-refractivity contribution in [2.45, 2.75) is 12.1 Å². The summed E-state index contributed by atoms with van der Waals surface area (Å²) in [5, 5.41) is 11.2. The largest absolute Gasteiger partial charge is 0.481 e. The zero-order valence-electron chi connectivity index (χ0n) is 16.2. The fourth-order valence-corrected chi connectivity index (χ4v) is 4.05. The Labute approximate surface area is 174 Å². The second-order valence-corrected chi connectivity index (χ2v) is 7.71. The molecule has 3 heterocycles. The Morgan fingerprint density at radius 1 is 1.14 bits per heavy atom. The number of anilines is 1. The summed E-state index contributed by atoms with van der Waals surface area (Å²) < 4.78 is 5.17. The van der Waals surface area contributed by atoms with Gasteiger partial charge in [0.1, 0.15) is 0 Å². The molecule has 2 aliphatic rings. The molecular weight excluding hydrogens is 394 g/mol. The van der Waals surface area contributed by atoms with Gasteiger partial charge in [0.2, 0.25) is 11.8 Å². The van der Waals surface area contributed by atoms with Gasteiger partial charge in [0.05, 0.1) is 19.3 Å². The number of amides is 1. The first-order valence-corrected chi connectivity index (χ1v) is 10.0. The molecule has 29 heavy (non-hydrogen) atoms. The van der Waals surface area contributed by atoms with Crippen LogP contribution in [0.15, 0.2) is 36.5 Å². The van der Waals surface area contributed by atoms with Crippen LogP contribution >= 0.6 is 11.6 Å². The maximum atomic E-state index is 12.7. The van der Waals surface area contributed by atoms with Crippen molar-refractivity contribution in [3.05, 3.63) is 47.1 Å². The molecule has 154 valence electrons. The molecule has 1 aromatic heterocycles. The van der Waals surface area contributed by atoms with E-state index in [1.54, 1.807) is 43.6 Å². The van der Waals surface area contributed by atoms with Crippen LogP contribution in [0.3, 0.4) is 0 Å². The number of hydrogen-bond acceptors (Lipinski definition) is 7. The molecule has 0 spiro atoms. The van der Waals surface area contributed by atoms with Crippen molar-refractivity contribution in [1.29, 1.82) is 0 Å². The van der Waals surface area contributed by atoms with Gasteiger partial charge in [0.15, 0.2) is 0 Å². The SMILES string of the molecule is COc1ccnc(N2CC(O)C(N3CCN(C(=O)c4ccc(Cl)cc4)CC3)C2)n1. The lowest BCUT2D eigenvalue weighted by atomic mass is 10.1. The minimum atomic E-state index is -0.497. The van der Waals surface area contributed by atoms with Crippen LogP contribution in [0.25, 0.3) is 0 Å². The van der Waals surface area contributed by atoms with Crippen LogP contribution in [-0.4, -0.2) is 89.3 Å². The first kappa shape index (κ1) is 19.9. The number of aromatic nitrogens is 2. The van der Waals surface area contributed by atoms with Crippen molar-refractivity contribution in [2.24, 2.45) is 0 Å². The molecule has 0 aliphatic carbocycles. The number of carbonyl (C=O) groups is 1. The van der Waals surface area contributed by atoms with E-state index in [9.17, 15) is 9.90 Å². The van der Waals surface area contributed by atoms with Gasteiger partial charge >= 0.3 is 0 Å². The number of β-amino-alcohol motifs (C(OH)–C–C–N with tert-alkyl or cyclic N) is 1. The highest BCUT2D eigenvalue weighted by Gasteiger charge is 2.38. The molecule has 2 aromatic rings. The molecule has 4 rings (SSSR count).